The molecule has 80 valence electrons. The first-order chi connectivity index (χ1) is 7.04. The summed E-state index contributed by atoms with van der Waals surface area (Å²) >= 11 is 11.6. The lowest BCUT2D eigenvalue weighted by molar-refractivity contribution is -0.117. The van der Waals surface area contributed by atoms with Gasteiger partial charge in [0.1, 0.15) is 5.78 Å². The van der Waals surface area contributed by atoms with Crippen LogP contribution in [0.4, 0.5) is 0 Å². The summed E-state index contributed by atoms with van der Waals surface area (Å²) in [6.45, 7) is 1.72. The van der Waals surface area contributed by atoms with Crippen LogP contribution in [0.15, 0.2) is 18.2 Å². The second kappa shape index (κ2) is 5.29. The summed E-state index contributed by atoms with van der Waals surface area (Å²) in [6, 6.07) is 4.63. The molecule has 0 spiro atoms. The summed E-state index contributed by atoms with van der Waals surface area (Å²) in [6.07, 6.45) is 0.237. The van der Waals surface area contributed by atoms with Crippen molar-refractivity contribution in [2.24, 2.45) is 0 Å². The van der Waals surface area contributed by atoms with Crippen LogP contribution in [0.3, 0.4) is 0 Å². The van der Waals surface area contributed by atoms with Gasteiger partial charge in [-0.2, -0.15) is 0 Å². The second-order valence-corrected chi connectivity index (χ2v) is 3.96. The number of ketones is 2. The zero-order valence-corrected chi connectivity index (χ0v) is 9.73. The van der Waals surface area contributed by atoms with E-state index in [0.717, 1.165) is 0 Å². The maximum absolute atomic E-state index is 11.6. The zero-order valence-electron chi connectivity index (χ0n) is 8.22. The lowest BCUT2D eigenvalue weighted by Gasteiger charge is -2.02. The molecule has 1 rings (SSSR count). The molecular formula is C11H10Cl2O2. The number of hydrogen-bond acceptors (Lipinski definition) is 2. The van der Waals surface area contributed by atoms with Gasteiger partial charge in [0.05, 0.1) is 11.4 Å². The molecule has 0 unspecified atom stereocenters. The fraction of sp³-hybridized carbons (Fsp3) is 0.273. The van der Waals surface area contributed by atoms with Crippen LogP contribution in [-0.2, 0) is 4.79 Å². The molecule has 0 aliphatic carbocycles. The monoisotopic (exact) mass is 244 g/mol. The summed E-state index contributed by atoms with van der Waals surface area (Å²) < 4.78 is 0. The van der Waals surface area contributed by atoms with Crippen molar-refractivity contribution < 1.29 is 9.59 Å². The van der Waals surface area contributed by atoms with Gasteiger partial charge in [-0.3, -0.25) is 9.59 Å². The largest absolute Gasteiger partial charge is 0.299 e. The maximum Gasteiger partial charge on any atom is 0.171 e. The van der Waals surface area contributed by atoms with Gasteiger partial charge in [-0.05, 0) is 18.2 Å². The number of carbonyl (C=O) groups is 2. The molecule has 0 amide bonds. The number of carbonyl (C=O) groups excluding carboxylic acids is 2. The fourth-order valence-electron chi connectivity index (χ4n) is 1.11. The van der Waals surface area contributed by atoms with E-state index in [9.17, 15) is 9.59 Å². The third-order valence-electron chi connectivity index (χ3n) is 1.98. The van der Waals surface area contributed by atoms with E-state index in [2.05, 4.69) is 0 Å². The van der Waals surface area contributed by atoms with Crippen molar-refractivity contribution in [2.75, 3.05) is 0 Å². The Morgan fingerprint density at radius 3 is 2.53 bits per heavy atom. The molecule has 0 fully saturated rings. The summed E-state index contributed by atoms with van der Waals surface area (Å²) in [5.74, 6) is -0.384. The minimum absolute atomic E-state index is 0.101. The van der Waals surface area contributed by atoms with E-state index < -0.39 is 0 Å². The Hall–Kier alpha value is -0.860. The average molecular weight is 245 g/mol. The van der Waals surface area contributed by atoms with Gasteiger partial charge in [-0.25, -0.2) is 0 Å². The highest BCUT2D eigenvalue weighted by Gasteiger charge is 2.13. The molecular weight excluding hydrogens is 235 g/mol. The van der Waals surface area contributed by atoms with Gasteiger partial charge >= 0.3 is 0 Å². The number of halogens is 2. The van der Waals surface area contributed by atoms with Gasteiger partial charge in [0.25, 0.3) is 0 Å². The van der Waals surface area contributed by atoms with Crippen molar-refractivity contribution in [3.63, 3.8) is 0 Å². The fourth-order valence-corrected chi connectivity index (χ4v) is 1.51. The van der Waals surface area contributed by atoms with Crippen LogP contribution in [0, 0.1) is 0 Å². The number of benzene rings is 1. The minimum atomic E-state index is -0.283. The first kappa shape index (κ1) is 12.2. The summed E-state index contributed by atoms with van der Waals surface area (Å²) in [5.41, 5.74) is 0.311. The Bertz CT molecular complexity index is 400. The number of hydrogen-bond donors (Lipinski definition) is 0. The molecule has 1 aromatic carbocycles. The van der Waals surface area contributed by atoms with Crippen molar-refractivity contribution in [3.8, 4) is 0 Å². The van der Waals surface area contributed by atoms with Crippen LogP contribution in [0.2, 0.25) is 10.0 Å². The van der Waals surface area contributed by atoms with Gasteiger partial charge < -0.3 is 0 Å². The van der Waals surface area contributed by atoms with E-state index in [4.69, 9.17) is 23.2 Å². The van der Waals surface area contributed by atoms with Crippen molar-refractivity contribution in [3.05, 3.63) is 33.8 Å². The summed E-state index contributed by atoms with van der Waals surface area (Å²) in [4.78, 5) is 22.7. The Labute approximate surface area is 98.2 Å². The Kier molecular flexibility index (Phi) is 4.30. The number of Topliss-reactive ketones (excluding diaryl/α,β-unsaturated/α-hetero) is 2. The molecule has 1 aromatic rings. The first-order valence-corrected chi connectivity index (χ1v) is 5.30. The molecule has 0 saturated heterocycles. The van der Waals surface area contributed by atoms with Crippen molar-refractivity contribution >= 4 is 34.8 Å². The molecule has 0 aliphatic heterocycles. The first-order valence-electron chi connectivity index (χ1n) is 4.54. The number of rotatable bonds is 4. The molecule has 2 nitrogen and oxygen atoms in total. The quantitative estimate of drug-likeness (QED) is 0.600. The van der Waals surface area contributed by atoms with Crippen molar-refractivity contribution in [1.29, 1.82) is 0 Å². The molecule has 0 atom stereocenters. The molecule has 0 bridgehead atoms. The van der Waals surface area contributed by atoms with Crippen LogP contribution in [0.1, 0.15) is 30.1 Å². The standard InChI is InChI=1S/C11H10Cl2O2/c1-2-8(14)6-11(15)9-5-7(12)3-4-10(9)13/h3-5H,2,6H2,1H3. The van der Waals surface area contributed by atoms with Crippen molar-refractivity contribution in [2.45, 2.75) is 19.8 Å². The third kappa shape index (κ3) is 3.33. The topological polar surface area (TPSA) is 34.1 Å². The van der Waals surface area contributed by atoms with Crippen LogP contribution in [-0.4, -0.2) is 11.6 Å². The Morgan fingerprint density at radius 2 is 1.93 bits per heavy atom. The van der Waals surface area contributed by atoms with Gasteiger partial charge in [0.2, 0.25) is 0 Å². The highest BCUT2D eigenvalue weighted by atomic mass is 35.5. The Morgan fingerprint density at radius 1 is 1.27 bits per heavy atom. The minimum Gasteiger partial charge on any atom is -0.299 e. The molecule has 15 heavy (non-hydrogen) atoms. The predicted octanol–water partition coefficient (Wildman–Crippen LogP) is 3.55. The molecule has 0 aromatic heterocycles. The smallest absolute Gasteiger partial charge is 0.171 e. The highest BCUT2D eigenvalue weighted by Crippen LogP contribution is 2.22. The third-order valence-corrected chi connectivity index (χ3v) is 2.55. The van der Waals surface area contributed by atoms with E-state index >= 15 is 0 Å². The SMILES string of the molecule is CCC(=O)CC(=O)c1cc(Cl)ccc1Cl. The summed E-state index contributed by atoms with van der Waals surface area (Å²) in [5, 5.41) is 0.764. The van der Waals surface area contributed by atoms with Crippen LogP contribution in [0.25, 0.3) is 0 Å². The normalized spacial score (nSPS) is 10.1. The van der Waals surface area contributed by atoms with Crippen LogP contribution < -0.4 is 0 Å². The zero-order chi connectivity index (χ0) is 11.4. The predicted molar refractivity (Wildman–Crippen MR) is 60.7 cm³/mol. The van der Waals surface area contributed by atoms with Gasteiger partial charge in [0, 0.05) is 17.0 Å². The van der Waals surface area contributed by atoms with E-state index in [0.29, 0.717) is 22.0 Å². The van der Waals surface area contributed by atoms with Gasteiger partial charge in [0.15, 0.2) is 5.78 Å². The van der Waals surface area contributed by atoms with E-state index in [-0.39, 0.29) is 18.0 Å². The van der Waals surface area contributed by atoms with Gasteiger partial charge in [-0.15, -0.1) is 0 Å². The van der Waals surface area contributed by atoms with Crippen LogP contribution in [0.5, 0.6) is 0 Å². The lowest BCUT2D eigenvalue weighted by atomic mass is 10.1. The maximum atomic E-state index is 11.6. The second-order valence-electron chi connectivity index (χ2n) is 3.12. The molecule has 4 heteroatoms. The van der Waals surface area contributed by atoms with E-state index in [1.54, 1.807) is 19.1 Å². The van der Waals surface area contributed by atoms with Gasteiger partial charge in [-0.1, -0.05) is 30.1 Å². The Balaban J connectivity index is 2.91. The van der Waals surface area contributed by atoms with Crippen LogP contribution >= 0.6 is 23.2 Å². The van der Waals surface area contributed by atoms with Crippen molar-refractivity contribution in [1.82, 2.24) is 0 Å². The average Bonchev–Trinajstić information content (AvgIpc) is 2.21. The van der Waals surface area contributed by atoms with E-state index in [1.165, 1.54) is 6.07 Å². The highest BCUT2D eigenvalue weighted by molar-refractivity contribution is 6.36. The lowest BCUT2D eigenvalue weighted by Crippen LogP contribution is -2.07. The molecule has 0 heterocycles. The molecule has 0 aliphatic rings. The van der Waals surface area contributed by atoms with E-state index in [1.807, 2.05) is 0 Å². The molecule has 0 radical (unpaired) electrons. The molecule has 0 N–H and O–H groups in total. The summed E-state index contributed by atoms with van der Waals surface area (Å²) in [7, 11) is 0. The molecule has 0 saturated carbocycles.